The van der Waals surface area contributed by atoms with Crippen LogP contribution in [0.15, 0.2) is 40.9 Å². The van der Waals surface area contributed by atoms with E-state index in [2.05, 4.69) is 57.2 Å². The first-order chi connectivity index (χ1) is 12.7. The number of carbonyl (C=O) groups is 1. The van der Waals surface area contributed by atoms with Gasteiger partial charge in [-0.1, -0.05) is 46.3 Å². The van der Waals surface area contributed by atoms with Gasteiger partial charge in [0, 0.05) is 37.2 Å². The van der Waals surface area contributed by atoms with Gasteiger partial charge >= 0.3 is 6.09 Å². The highest BCUT2D eigenvalue weighted by molar-refractivity contribution is 9.10. The first-order valence-electron chi connectivity index (χ1n) is 9.59. The summed E-state index contributed by atoms with van der Waals surface area (Å²) in [5.74, 6) is 0. The fourth-order valence-electron chi connectivity index (χ4n) is 3.65. The van der Waals surface area contributed by atoms with Crippen molar-refractivity contribution in [2.24, 2.45) is 0 Å². The van der Waals surface area contributed by atoms with Crippen LogP contribution in [0.2, 0.25) is 0 Å². The fourth-order valence-corrected chi connectivity index (χ4v) is 4.13. The molecule has 146 valence electrons. The van der Waals surface area contributed by atoms with E-state index in [1.807, 2.05) is 27.8 Å². The number of hydrogen-bond acceptors (Lipinski definition) is 3. The molecular weight excluding hydrogens is 404 g/mol. The molecule has 0 bridgehead atoms. The lowest BCUT2D eigenvalue weighted by Gasteiger charge is -2.37. The van der Waals surface area contributed by atoms with Crippen molar-refractivity contribution in [3.8, 4) is 0 Å². The van der Waals surface area contributed by atoms with Crippen molar-refractivity contribution in [2.45, 2.75) is 51.8 Å². The van der Waals surface area contributed by atoms with Crippen LogP contribution in [0.5, 0.6) is 0 Å². The van der Waals surface area contributed by atoms with E-state index in [1.54, 1.807) is 4.90 Å². The van der Waals surface area contributed by atoms with Crippen molar-refractivity contribution in [2.75, 3.05) is 20.1 Å². The summed E-state index contributed by atoms with van der Waals surface area (Å²) in [5, 5.41) is 2.56. The Labute approximate surface area is 170 Å². The minimum Gasteiger partial charge on any atom is -0.444 e. The molecule has 0 aromatic heterocycles. The lowest BCUT2D eigenvalue weighted by Crippen LogP contribution is -2.46. The minimum atomic E-state index is -0.450. The standard InChI is InChI=1S/C22H29BrN2O2/c1-22(2,3)27-21(26)24(4)17-11-13-25(14-12-17)15-16-9-10-20(23)19-8-6-5-7-18(16)19/h5-10,17H,11-15H2,1-4H3. The molecule has 2 aromatic carbocycles. The number of nitrogens with zero attached hydrogens (tertiary/aromatic N) is 2. The summed E-state index contributed by atoms with van der Waals surface area (Å²) < 4.78 is 6.64. The predicted molar refractivity (Wildman–Crippen MR) is 114 cm³/mol. The molecule has 1 heterocycles. The van der Waals surface area contributed by atoms with Crippen LogP contribution >= 0.6 is 15.9 Å². The van der Waals surface area contributed by atoms with Gasteiger partial charge in [-0.15, -0.1) is 0 Å². The van der Waals surface area contributed by atoms with E-state index in [4.69, 9.17) is 4.74 Å². The van der Waals surface area contributed by atoms with E-state index in [0.717, 1.165) is 36.9 Å². The topological polar surface area (TPSA) is 32.8 Å². The molecule has 1 fully saturated rings. The molecule has 5 heteroatoms. The SMILES string of the molecule is CN(C(=O)OC(C)(C)C)C1CCN(Cc2ccc(Br)c3ccccc23)CC1. The molecule has 0 N–H and O–H groups in total. The molecule has 0 unspecified atom stereocenters. The number of fused-ring (bicyclic) bond motifs is 1. The van der Waals surface area contributed by atoms with Gasteiger partial charge in [-0.25, -0.2) is 4.79 Å². The summed E-state index contributed by atoms with van der Waals surface area (Å²) in [6.07, 6.45) is 1.73. The Morgan fingerprint density at radius 2 is 1.78 bits per heavy atom. The zero-order valence-corrected chi connectivity index (χ0v) is 18.3. The molecule has 0 radical (unpaired) electrons. The third-order valence-corrected chi connectivity index (χ3v) is 5.83. The van der Waals surface area contributed by atoms with Gasteiger partial charge in [-0.2, -0.15) is 0 Å². The Bertz CT molecular complexity index is 808. The first-order valence-corrected chi connectivity index (χ1v) is 10.4. The number of carbonyl (C=O) groups excluding carboxylic acids is 1. The molecule has 0 spiro atoms. The van der Waals surface area contributed by atoms with E-state index < -0.39 is 5.60 Å². The zero-order valence-electron chi connectivity index (χ0n) is 16.7. The normalized spacial score (nSPS) is 16.5. The Morgan fingerprint density at radius 1 is 1.15 bits per heavy atom. The van der Waals surface area contributed by atoms with Gasteiger partial charge in [-0.05, 0) is 56.0 Å². The van der Waals surface area contributed by atoms with Crippen LogP contribution in [-0.2, 0) is 11.3 Å². The minimum absolute atomic E-state index is 0.222. The van der Waals surface area contributed by atoms with Gasteiger partial charge in [0.15, 0.2) is 0 Å². The average Bonchev–Trinajstić information content (AvgIpc) is 2.63. The number of ether oxygens (including phenoxy) is 1. The van der Waals surface area contributed by atoms with E-state index in [-0.39, 0.29) is 12.1 Å². The lowest BCUT2D eigenvalue weighted by atomic mass is 10.0. The molecule has 1 aliphatic heterocycles. The van der Waals surface area contributed by atoms with Crippen molar-refractivity contribution >= 4 is 32.8 Å². The molecular formula is C22H29BrN2O2. The van der Waals surface area contributed by atoms with Gasteiger partial charge in [0.2, 0.25) is 0 Å². The van der Waals surface area contributed by atoms with Crippen molar-refractivity contribution in [3.05, 3.63) is 46.4 Å². The van der Waals surface area contributed by atoms with E-state index in [9.17, 15) is 4.79 Å². The van der Waals surface area contributed by atoms with Gasteiger partial charge in [0.05, 0.1) is 0 Å². The molecule has 3 rings (SSSR count). The molecule has 1 saturated heterocycles. The number of hydrogen-bond donors (Lipinski definition) is 0. The maximum absolute atomic E-state index is 12.3. The summed E-state index contributed by atoms with van der Waals surface area (Å²) in [6.45, 7) is 8.64. The third-order valence-electron chi connectivity index (χ3n) is 5.14. The van der Waals surface area contributed by atoms with Crippen LogP contribution < -0.4 is 0 Å². The highest BCUT2D eigenvalue weighted by Crippen LogP contribution is 2.28. The monoisotopic (exact) mass is 432 g/mol. The first kappa shape index (κ1) is 20.2. The summed E-state index contributed by atoms with van der Waals surface area (Å²) in [7, 11) is 1.86. The third kappa shape index (κ3) is 5.02. The summed E-state index contributed by atoms with van der Waals surface area (Å²) in [6, 6.07) is 13.1. The largest absolute Gasteiger partial charge is 0.444 e. The van der Waals surface area contributed by atoms with Crippen molar-refractivity contribution < 1.29 is 9.53 Å². The van der Waals surface area contributed by atoms with Crippen LogP contribution in [0, 0.1) is 0 Å². The molecule has 4 nitrogen and oxygen atoms in total. The van der Waals surface area contributed by atoms with Crippen LogP contribution in [0.4, 0.5) is 4.79 Å². The van der Waals surface area contributed by atoms with Crippen molar-refractivity contribution in [1.29, 1.82) is 0 Å². The zero-order chi connectivity index (χ0) is 19.6. The summed E-state index contributed by atoms with van der Waals surface area (Å²) in [4.78, 5) is 16.6. The van der Waals surface area contributed by atoms with Crippen LogP contribution in [-0.4, -0.2) is 47.7 Å². The second-order valence-electron chi connectivity index (χ2n) is 8.35. The van der Waals surface area contributed by atoms with Gasteiger partial charge in [-0.3, -0.25) is 4.90 Å². The second kappa shape index (κ2) is 8.19. The van der Waals surface area contributed by atoms with Crippen LogP contribution in [0.1, 0.15) is 39.2 Å². The smallest absolute Gasteiger partial charge is 0.410 e. The van der Waals surface area contributed by atoms with E-state index in [1.165, 1.54) is 16.3 Å². The number of amides is 1. The molecule has 0 atom stereocenters. The molecule has 0 saturated carbocycles. The number of likely N-dealkylation sites (tertiary alicyclic amines) is 1. The average molecular weight is 433 g/mol. The Kier molecular flexibility index (Phi) is 6.11. The highest BCUT2D eigenvalue weighted by Gasteiger charge is 2.28. The fraction of sp³-hybridized carbons (Fsp3) is 0.500. The molecule has 2 aromatic rings. The Hall–Kier alpha value is -1.59. The number of benzene rings is 2. The number of halogens is 1. The van der Waals surface area contributed by atoms with E-state index in [0.29, 0.717) is 0 Å². The molecule has 1 aliphatic rings. The Balaban J connectivity index is 1.60. The number of piperidine rings is 1. The molecule has 0 aliphatic carbocycles. The van der Waals surface area contributed by atoms with E-state index >= 15 is 0 Å². The van der Waals surface area contributed by atoms with Gasteiger partial charge < -0.3 is 9.64 Å². The van der Waals surface area contributed by atoms with Gasteiger partial charge in [0.1, 0.15) is 5.60 Å². The molecule has 27 heavy (non-hydrogen) atoms. The van der Waals surface area contributed by atoms with Gasteiger partial charge in [0.25, 0.3) is 0 Å². The quantitative estimate of drug-likeness (QED) is 0.647. The number of rotatable bonds is 3. The lowest BCUT2D eigenvalue weighted by molar-refractivity contribution is 0.0149. The van der Waals surface area contributed by atoms with Crippen molar-refractivity contribution in [3.63, 3.8) is 0 Å². The Morgan fingerprint density at radius 3 is 2.41 bits per heavy atom. The summed E-state index contributed by atoms with van der Waals surface area (Å²) >= 11 is 3.65. The summed E-state index contributed by atoms with van der Waals surface area (Å²) in [5.41, 5.74) is 0.905. The predicted octanol–water partition coefficient (Wildman–Crippen LogP) is 5.43. The molecule has 1 amide bonds. The maximum Gasteiger partial charge on any atom is 0.410 e. The van der Waals surface area contributed by atoms with Crippen LogP contribution in [0.25, 0.3) is 10.8 Å². The second-order valence-corrected chi connectivity index (χ2v) is 9.20. The maximum atomic E-state index is 12.3. The van der Waals surface area contributed by atoms with Crippen molar-refractivity contribution in [1.82, 2.24) is 9.80 Å². The van der Waals surface area contributed by atoms with Crippen LogP contribution in [0.3, 0.4) is 0 Å². The highest BCUT2D eigenvalue weighted by atomic mass is 79.9.